The van der Waals surface area contributed by atoms with Crippen LogP contribution >= 0.6 is 0 Å². The number of aliphatic hydroxyl groups is 1. The number of imidazole rings is 1. The van der Waals surface area contributed by atoms with Crippen molar-refractivity contribution in [2.24, 2.45) is 0 Å². The number of aromatic hydroxyl groups is 1. The highest BCUT2D eigenvalue weighted by Crippen LogP contribution is 2.32. The molecule has 6 heteroatoms. The van der Waals surface area contributed by atoms with Gasteiger partial charge in [0.15, 0.2) is 5.69 Å². The van der Waals surface area contributed by atoms with Crippen molar-refractivity contribution >= 4 is 5.97 Å². The van der Waals surface area contributed by atoms with Gasteiger partial charge in [0.25, 0.3) is 0 Å². The zero-order valence-electron chi connectivity index (χ0n) is 10.7. The van der Waals surface area contributed by atoms with Crippen molar-refractivity contribution in [3.05, 3.63) is 35.7 Å². The summed E-state index contributed by atoms with van der Waals surface area (Å²) in [5, 5.41) is 28.9. The largest absolute Gasteiger partial charge is 0.507 e. The molecule has 1 aromatic heterocycles. The Labute approximate surface area is 114 Å². The van der Waals surface area contributed by atoms with Crippen molar-refractivity contribution in [1.82, 2.24) is 9.55 Å². The van der Waals surface area contributed by atoms with Gasteiger partial charge in [0, 0.05) is 0 Å². The van der Waals surface area contributed by atoms with Gasteiger partial charge >= 0.3 is 5.97 Å². The lowest BCUT2D eigenvalue weighted by Gasteiger charge is -2.22. The lowest BCUT2D eigenvalue weighted by atomic mass is 10.1. The van der Waals surface area contributed by atoms with E-state index < -0.39 is 12.1 Å². The van der Waals surface area contributed by atoms with Crippen molar-refractivity contribution in [2.75, 3.05) is 0 Å². The molecule has 0 saturated heterocycles. The molecule has 3 rings (SSSR count). The fourth-order valence-electron chi connectivity index (χ4n) is 2.58. The molecule has 6 nitrogen and oxygen atoms in total. The average molecular weight is 274 g/mol. The first-order valence-corrected chi connectivity index (χ1v) is 6.37. The van der Waals surface area contributed by atoms with E-state index >= 15 is 0 Å². The first-order chi connectivity index (χ1) is 9.58. The van der Waals surface area contributed by atoms with Crippen LogP contribution in [-0.4, -0.2) is 36.9 Å². The van der Waals surface area contributed by atoms with E-state index in [1.807, 2.05) is 0 Å². The van der Waals surface area contributed by atoms with E-state index in [-0.39, 0.29) is 11.4 Å². The van der Waals surface area contributed by atoms with Gasteiger partial charge in [-0.25, -0.2) is 9.78 Å². The molecule has 20 heavy (non-hydrogen) atoms. The minimum absolute atomic E-state index is 0.00449. The molecule has 1 unspecified atom stereocenters. The molecule has 0 bridgehead atoms. The van der Waals surface area contributed by atoms with Gasteiger partial charge in [-0.2, -0.15) is 0 Å². The van der Waals surface area contributed by atoms with Gasteiger partial charge in [-0.3, -0.25) is 0 Å². The number of rotatable bonds is 2. The number of para-hydroxylation sites is 1. The highest BCUT2D eigenvalue weighted by molar-refractivity contribution is 5.88. The number of carbonyl (C=O) groups is 1. The topological polar surface area (TPSA) is 95.6 Å². The molecular weight excluding hydrogens is 260 g/mol. The maximum absolute atomic E-state index is 11.3. The van der Waals surface area contributed by atoms with Crippen LogP contribution in [0.5, 0.6) is 5.75 Å². The Kier molecular flexibility index (Phi) is 2.94. The maximum Gasteiger partial charge on any atom is 0.356 e. The van der Waals surface area contributed by atoms with Gasteiger partial charge in [-0.05, 0) is 25.0 Å². The zero-order chi connectivity index (χ0) is 14.3. The summed E-state index contributed by atoms with van der Waals surface area (Å²) in [7, 11) is 0. The van der Waals surface area contributed by atoms with Gasteiger partial charge in [-0.1, -0.05) is 12.1 Å². The first-order valence-electron chi connectivity index (χ1n) is 6.37. The Morgan fingerprint density at radius 3 is 2.80 bits per heavy atom. The Hall–Kier alpha value is -2.34. The van der Waals surface area contributed by atoms with Crippen molar-refractivity contribution in [3.8, 4) is 17.1 Å². The lowest BCUT2D eigenvalue weighted by molar-refractivity contribution is 0.0686. The fraction of sp³-hybridized carbons (Fsp3) is 0.286. The average Bonchev–Trinajstić information content (AvgIpc) is 2.78. The number of carboxylic acids is 1. The molecule has 1 aliphatic rings. The van der Waals surface area contributed by atoms with Crippen molar-refractivity contribution in [3.63, 3.8) is 0 Å². The molecule has 3 N–H and O–H groups in total. The first kappa shape index (κ1) is 12.7. The van der Waals surface area contributed by atoms with Crippen LogP contribution in [0.1, 0.15) is 22.6 Å². The quantitative estimate of drug-likeness (QED) is 0.766. The molecule has 0 amide bonds. The smallest absolute Gasteiger partial charge is 0.356 e. The molecule has 0 fully saturated rings. The number of benzene rings is 1. The van der Waals surface area contributed by atoms with Crippen LogP contribution in [-0.2, 0) is 13.0 Å². The molecule has 0 aliphatic carbocycles. The van der Waals surface area contributed by atoms with Crippen molar-refractivity contribution < 1.29 is 20.1 Å². The van der Waals surface area contributed by atoms with E-state index in [1.165, 1.54) is 6.07 Å². The van der Waals surface area contributed by atoms with Crippen molar-refractivity contribution in [2.45, 2.75) is 25.5 Å². The summed E-state index contributed by atoms with van der Waals surface area (Å²) in [4.78, 5) is 15.4. The third-order valence-electron chi connectivity index (χ3n) is 3.53. The van der Waals surface area contributed by atoms with Crippen LogP contribution in [0.4, 0.5) is 0 Å². The molecule has 1 aliphatic heterocycles. The maximum atomic E-state index is 11.3. The van der Waals surface area contributed by atoms with Gasteiger partial charge in [0.1, 0.15) is 11.6 Å². The molecule has 1 aromatic carbocycles. The molecule has 0 radical (unpaired) electrons. The van der Waals surface area contributed by atoms with E-state index in [2.05, 4.69) is 4.98 Å². The molecule has 2 heterocycles. The number of hydrogen-bond acceptors (Lipinski definition) is 4. The monoisotopic (exact) mass is 274 g/mol. The highest BCUT2D eigenvalue weighted by Gasteiger charge is 2.28. The SMILES string of the molecule is O=C(O)c1nc(-c2ccccc2O)n2c1CCC(O)C2. The number of phenols is 1. The fourth-order valence-corrected chi connectivity index (χ4v) is 2.58. The molecule has 0 spiro atoms. The van der Waals surface area contributed by atoms with Gasteiger partial charge < -0.3 is 19.9 Å². The summed E-state index contributed by atoms with van der Waals surface area (Å²) in [6.45, 7) is 0.291. The van der Waals surface area contributed by atoms with Crippen LogP contribution in [0.3, 0.4) is 0 Å². The molecule has 2 aromatic rings. The number of nitrogens with zero attached hydrogens (tertiary/aromatic N) is 2. The van der Waals surface area contributed by atoms with Crippen LogP contribution in [0.15, 0.2) is 24.3 Å². The summed E-state index contributed by atoms with van der Waals surface area (Å²) in [6.07, 6.45) is 0.457. The highest BCUT2D eigenvalue weighted by atomic mass is 16.4. The van der Waals surface area contributed by atoms with Crippen molar-refractivity contribution in [1.29, 1.82) is 0 Å². The number of fused-ring (bicyclic) bond motifs is 1. The molecular formula is C14H14N2O4. The van der Waals surface area contributed by atoms with Crippen LogP contribution in [0, 0.1) is 0 Å². The summed E-state index contributed by atoms with van der Waals surface area (Å²) in [5.74, 6) is -0.668. The van der Waals surface area contributed by atoms with Crippen LogP contribution in [0.2, 0.25) is 0 Å². The minimum Gasteiger partial charge on any atom is -0.507 e. The predicted molar refractivity (Wildman–Crippen MR) is 70.6 cm³/mol. The summed E-state index contributed by atoms with van der Waals surface area (Å²) in [5.41, 5.74) is 1.06. The molecule has 1 atom stereocenters. The number of phenolic OH excluding ortho intramolecular Hbond substituents is 1. The predicted octanol–water partition coefficient (Wildman–Crippen LogP) is 1.26. The Morgan fingerprint density at radius 1 is 1.35 bits per heavy atom. The van der Waals surface area contributed by atoms with E-state index in [0.717, 1.165) is 0 Å². The Balaban J connectivity index is 2.21. The second-order valence-corrected chi connectivity index (χ2v) is 4.86. The van der Waals surface area contributed by atoms with E-state index in [0.29, 0.717) is 36.5 Å². The standard InChI is InChI=1S/C14H14N2O4/c17-8-5-6-10-12(14(19)20)15-13(16(10)7-8)9-3-1-2-4-11(9)18/h1-4,8,17-18H,5-7H2,(H,19,20). The zero-order valence-corrected chi connectivity index (χ0v) is 10.7. The second-order valence-electron chi connectivity index (χ2n) is 4.86. The lowest BCUT2D eigenvalue weighted by Crippen LogP contribution is -2.25. The Morgan fingerprint density at radius 2 is 2.10 bits per heavy atom. The summed E-state index contributed by atoms with van der Waals surface area (Å²) >= 11 is 0. The van der Waals surface area contributed by atoms with Gasteiger partial charge in [0.2, 0.25) is 0 Å². The van der Waals surface area contributed by atoms with Gasteiger partial charge in [-0.15, -0.1) is 0 Å². The van der Waals surface area contributed by atoms with Crippen LogP contribution in [0.25, 0.3) is 11.4 Å². The number of aromatic carboxylic acids is 1. The third-order valence-corrected chi connectivity index (χ3v) is 3.53. The third kappa shape index (κ3) is 1.94. The summed E-state index contributed by atoms with van der Waals surface area (Å²) < 4.78 is 1.69. The molecule has 104 valence electrons. The number of hydrogen-bond donors (Lipinski definition) is 3. The number of carboxylic acid groups (broad SMARTS) is 1. The summed E-state index contributed by atoms with van der Waals surface area (Å²) in [6, 6.07) is 6.64. The van der Waals surface area contributed by atoms with E-state index in [4.69, 9.17) is 0 Å². The van der Waals surface area contributed by atoms with Gasteiger partial charge in [0.05, 0.1) is 23.9 Å². The number of aliphatic hydroxyl groups excluding tert-OH is 1. The normalized spacial score (nSPS) is 17.8. The second kappa shape index (κ2) is 4.64. The molecule has 0 saturated carbocycles. The van der Waals surface area contributed by atoms with E-state index in [9.17, 15) is 20.1 Å². The van der Waals surface area contributed by atoms with E-state index in [1.54, 1.807) is 22.8 Å². The van der Waals surface area contributed by atoms with Crippen LogP contribution < -0.4 is 0 Å². The minimum atomic E-state index is -1.09. The number of aromatic nitrogens is 2. The Bertz CT molecular complexity index is 678.